The van der Waals surface area contributed by atoms with Crippen LogP contribution in [0, 0.1) is 0 Å². The van der Waals surface area contributed by atoms with Crippen LogP contribution in [0.1, 0.15) is 95.7 Å². The van der Waals surface area contributed by atoms with Crippen molar-refractivity contribution >= 4 is 11.9 Å². The molecule has 0 aliphatic heterocycles. The first-order valence-corrected chi connectivity index (χ1v) is 12.2. The predicted molar refractivity (Wildman–Crippen MR) is 136 cm³/mol. The van der Waals surface area contributed by atoms with Crippen LogP contribution < -0.4 is 0 Å². The van der Waals surface area contributed by atoms with E-state index in [9.17, 15) is 19.8 Å². The third-order valence-electron chi connectivity index (χ3n) is 6.66. The van der Waals surface area contributed by atoms with Crippen LogP contribution in [0.4, 0.5) is 0 Å². The molecule has 3 rings (SSSR count). The van der Waals surface area contributed by atoms with Gasteiger partial charge in [0, 0.05) is 5.41 Å². The summed E-state index contributed by atoms with van der Waals surface area (Å²) in [5, 5.41) is 19.3. The first kappa shape index (κ1) is 25.2. The number of hydrogen-bond acceptors (Lipinski definition) is 2. The number of carbonyl (C=O) groups is 2. The smallest absolute Gasteiger partial charge is 0.336 e. The zero-order valence-electron chi connectivity index (χ0n) is 19.9. The highest BCUT2D eigenvalue weighted by Crippen LogP contribution is 2.44. The summed E-state index contributed by atoms with van der Waals surface area (Å²) < 4.78 is 0. The molecule has 0 bridgehead atoms. The van der Waals surface area contributed by atoms with Gasteiger partial charge in [0.15, 0.2) is 0 Å². The van der Waals surface area contributed by atoms with Gasteiger partial charge >= 0.3 is 11.9 Å². The Labute approximate surface area is 202 Å². The Morgan fingerprint density at radius 1 is 0.618 bits per heavy atom. The van der Waals surface area contributed by atoms with Crippen molar-refractivity contribution in [2.45, 2.75) is 63.7 Å². The van der Waals surface area contributed by atoms with E-state index in [-0.39, 0.29) is 11.1 Å². The molecule has 0 saturated heterocycles. The van der Waals surface area contributed by atoms with Crippen LogP contribution in [0.15, 0.2) is 78.9 Å². The highest BCUT2D eigenvalue weighted by atomic mass is 16.4. The monoisotopic (exact) mass is 458 g/mol. The molecular formula is C30H34O4. The van der Waals surface area contributed by atoms with Crippen molar-refractivity contribution in [2.75, 3.05) is 0 Å². The van der Waals surface area contributed by atoms with Gasteiger partial charge in [-0.2, -0.15) is 0 Å². The number of hydrogen-bond donors (Lipinski definition) is 2. The van der Waals surface area contributed by atoms with Gasteiger partial charge in [-0.3, -0.25) is 0 Å². The Morgan fingerprint density at radius 3 is 1.62 bits per heavy atom. The Morgan fingerprint density at radius 2 is 1.12 bits per heavy atom. The number of aromatic carboxylic acids is 2. The van der Waals surface area contributed by atoms with Crippen molar-refractivity contribution < 1.29 is 19.8 Å². The van der Waals surface area contributed by atoms with Crippen molar-refractivity contribution in [3.05, 3.63) is 107 Å². The molecule has 0 saturated carbocycles. The first-order valence-electron chi connectivity index (χ1n) is 12.2. The van der Waals surface area contributed by atoms with Crippen LogP contribution in [0.5, 0.6) is 0 Å². The highest BCUT2D eigenvalue weighted by Gasteiger charge is 2.36. The Balaban J connectivity index is 2.10. The summed E-state index contributed by atoms with van der Waals surface area (Å²) in [5.41, 5.74) is 2.01. The third kappa shape index (κ3) is 5.74. The van der Waals surface area contributed by atoms with Gasteiger partial charge in [-0.15, -0.1) is 0 Å². The largest absolute Gasteiger partial charge is 0.478 e. The van der Waals surface area contributed by atoms with Crippen molar-refractivity contribution in [1.82, 2.24) is 0 Å². The first-order chi connectivity index (χ1) is 16.5. The van der Waals surface area contributed by atoms with Gasteiger partial charge in [-0.1, -0.05) is 119 Å². The average molecular weight is 459 g/mol. The molecular weight excluding hydrogens is 424 g/mol. The van der Waals surface area contributed by atoms with Crippen LogP contribution in [0.3, 0.4) is 0 Å². The number of unbranched alkanes of at least 4 members (excludes halogenated alkanes) is 6. The second-order valence-electron chi connectivity index (χ2n) is 8.88. The number of carboxylic acids is 2. The fraction of sp³-hybridized carbons (Fsp3) is 0.333. The molecule has 0 aromatic heterocycles. The quantitative estimate of drug-likeness (QED) is 0.205. The molecule has 0 atom stereocenters. The summed E-state index contributed by atoms with van der Waals surface area (Å²) in [7, 11) is 0. The fourth-order valence-corrected chi connectivity index (χ4v) is 4.90. The lowest BCUT2D eigenvalue weighted by Gasteiger charge is -2.36. The summed E-state index contributed by atoms with van der Waals surface area (Å²) in [6.07, 6.45) is 9.06. The summed E-state index contributed by atoms with van der Waals surface area (Å²) in [5.74, 6) is -2.47. The zero-order valence-corrected chi connectivity index (χ0v) is 19.9. The molecule has 0 aliphatic carbocycles. The van der Waals surface area contributed by atoms with E-state index in [2.05, 4.69) is 31.2 Å². The fourth-order valence-electron chi connectivity index (χ4n) is 4.90. The van der Waals surface area contributed by atoms with Gasteiger partial charge in [-0.25, -0.2) is 9.59 Å². The zero-order chi connectivity index (χ0) is 24.4. The predicted octanol–water partition coefficient (Wildman–Crippen LogP) is 7.56. The molecule has 3 aromatic rings. The van der Waals surface area contributed by atoms with E-state index in [0.29, 0.717) is 0 Å². The number of benzene rings is 3. The van der Waals surface area contributed by atoms with Gasteiger partial charge in [0.2, 0.25) is 0 Å². The van der Waals surface area contributed by atoms with E-state index in [4.69, 9.17) is 0 Å². The molecule has 4 nitrogen and oxygen atoms in total. The molecule has 2 N–H and O–H groups in total. The second kappa shape index (κ2) is 12.2. The van der Waals surface area contributed by atoms with E-state index < -0.39 is 17.4 Å². The topological polar surface area (TPSA) is 74.6 Å². The summed E-state index contributed by atoms with van der Waals surface area (Å²) >= 11 is 0. The van der Waals surface area contributed by atoms with Crippen molar-refractivity contribution in [2.24, 2.45) is 0 Å². The van der Waals surface area contributed by atoms with Crippen LogP contribution >= 0.6 is 0 Å². The van der Waals surface area contributed by atoms with Crippen molar-refractivity contribution in [3.63, 3.8) is 0 Å². The van der Waals surface area contributed by atoms with Crippen molar-refractivity contribution in [3.8, 4) is 0 Å². The normalized spacial score (nSPS) is 11.3. The van der Waals surface area contributed by atoms with Gasteiger partial charge in [-0.05, 0) is 35.2 Å². The molecule has 178 valence electrons. The molecule has 34 heavy (non-hydrogen) atoms. The van der Waals surface area contributed by atoms with Gasteiger partial charge < -0.3 is 10.2 Å². The molecule has 4 heteroatoms. The summed E-state index contributed by atoms with van der Waals surface area (Å²) in [4.78, 5) is 23.7. The van der Waals surface area contributed by atoms with Crippen LogP contribution in [0.2, 0.25) is 0 Å². The number of carboxylic acid groups (broad SMARTS) is 2. The lowest BCUT2D eigenvalue weighted by atomic mass is 9.66. The maximum atomic E-state index is 12.0. The Hall–Kier alpha value is -3.40. The SMILES string of the molecule is CCCCCCCCCC(c1ccccc1)(c1ccccc1)c1ccc(C(=O)O)c(C(=O)O)c1. The maximum absolute atomic E-state index is 12.0. The van der Waals surface area contributed by atoms with Crippen LogP contribution in [-0.2, 0) is 5.41 Å². The molecule has 0 spiro atoms. The van der Waals surface area contributed by atoms with Crippen LogP contribution in [0.25, 0.3) is 0 Å². The second-order valence-corrected chi connectivity index (χ2v) is 8.88. The average Bonchev–Trinajstić information content (AvgIpc) is 2.86. The molecule has 0 amide bonds. The summed E-state index contributed by atoms with van der Waals surface area (Å²) in [6.45, 7) is 2.22. The third-order valence-corrected chi connectivity index (χ3v) is 6.66. The van der Waals surface area contributed by atoms with E-state index in [1.165, 1.54) is 38.2 Å². The Kier molecular flexibility index (Phi) is 9.03. The van der Waals surface area contributed by atoms with E-state index in [1.807, 2.05) is 36.4 Å². The minimum Gasteiger partial charge on any atom is -0.478 e. The highest BCUT2D eigenvalue weighted by molar-refractivity contribution is 6.01. The molecule has 3 aromatic carbocycles. The molecule has 0 heterocycles. The van der Waals surface area contributed by atoms with E-state index in [1.54, 1.807) is 12.1 Å². The number of rotatable bonds is 13. The lowest BCUT2D eigenvalue weighted by molar-refractivity contribution is 0.0651. The molecule has 0 aliphatic rings. The maximum Gasteiger partial charge on any atom is 0.336 e. The minimum absolute atomic E-state index is 0.180. The molecule has 0 radical (unpaired) electrons. The molecule has 0 fully saturated rings. The van der Waals surface area contributed by atoms with Gasteiger partial charge in [0.05, 0.1) is 11.1 Å². The summed E-state index contributed by atoms with van der Waals surface area (Å²) in [6, 6.07) is 25.1. The Bertz CT molecular complexity index is 1030. The van der Waals surface area contributed by atoms with E-state index >= 15 is 0 Å². The lowest BCUT2D eigenvalue weighted by Crippen LogP contribution is -2.30. The standard InChI is InChI=1S/C30H34O4/c1-2-3-4-5-6-7-14-21-30(23-15-10-8-11-16-23,24-17-12-9-13-18-24)25-19-20-26(28(31)32)27(22-25)29(33)34/h8-13,15-20,22H,2-7,14,21H2,1H3,(H,31,32)(H,33,34). The minimum atomic E-state index is -1.24. The van der Waals surface area contributed by atoms with Crippen molar-refractivity contribution in [1.29, 1.82) is 0 Å². The molecule has 0 unspecified atom stereocenters. The van der Waals surface area contributed by atoms with Gasteiger partial charge in [0.25, 0.3) is 0 Å². The van der Waals surface area contributed by atoms with Crippen LogP contribution in [-0.4, -0.2) is 22.2 Å². The van der Waals surface area contributed by atoms with E-state index in [0.717, 1.165) is 36.0 Å². The van der Waals surface area contributed by atoms with Gasteiger partial charge in [0.1, 0.15) is 0 Å².